The van der Waals surface area contributed by atoms with Crippen LogP contribution in [0, 0.1) is 6.92 Å². The van der Waals surface area contributed by atoms with Gasteiger partial charge in [0.1, 0.15) is 0 Å². The van der Waals surface area contributed by atoms with Crippen molar-refractivity contribution in [2.75, 3.05) is 13.2 Å². The molecule has 0 amide bonds. The van der Waals surface area contributed by atoms with Gasteiger partial charge < -0.3 is 10.1 Å². The van der Waals surface area contributed by atoms with Gasteiger partial charge >= 0.3 is 0 Å². The summed E-state index contributed by atoms with van der Waals surface area (Å²) in [7, 11) is 0. The van der Waals surface area contributed by atoms with Crippen molar-refractivity contribution >= 4 is 0 Å². The molecule has 2 atom stereocenters. The third-order valence-corrected chi connectivity index (χ3v) is 3.10. The molecule has 2 unspecified atom stereocenters. The first kappa shape index (κ1) is 11.6. The lowest BCUT2D eigenvalue weighted by Crippen LogP contribution is -2.38. The van der Waals surface area contributed by atoms with Crippen LogP contribution in [0.5, 0.6) is 0 Å². The molecule has 1 N–H and O–H groups in total. The summed E-state index contributed by atoms with van der Waals surface area (Å²) in [4.78, 5) is 0. The molecule has 1 aliphatic heterocycles. The highest BCUT2D eigenvalue weighted by Crippen LogP contribution is 2.15. The SMILES string of the molecule is Cc1ccn(CCNC(C)C2CCCO2)n1. The fourth-order valence-corrected chi connectivity index (χ4v) is 2.12. The van der Waals surface area contributed by atoms with E-state index < -0.39 is 0 Å². The van der Waals surface area contributed by atoms with Crippen LogP contribution in [0.1, 0.15) is 25.5 Å². The van der Waals surface area contributed by atoms with E-state index in [0.29, 0.717) is 12.1 Å². The third-order valence-electron chi connectivity index (χ3n) is 3.10. The lowest BCUT2D eigenvalue weighted by molar-refractivity contribution is 0.0834. The first-order valence-corrected chi connectivity index (χ1v) is 6.11. The van der Waals surface area contributed by atoms with E-state index in [1.165, 1.54) is 12.8 Å². The molecule has 1 aromatic rings. The van der Waals surface area contributed by atoms with Crippen molar-refractivity contribution in [1.29, 1.82) is 0 Å². The lowest BCUT2D eigenvalue weighted by atomic mass is 10.1. The average molecular weight is 223 g/mol. The monoisotopic (exact) mass is 223 g/mol. The van der Waals surface area contributed by atoms with Crippen LogP contribution in [-0.4, -0.2) is 35.1 Å². The Bertz CT molecular complexity index is 318. The zero-order chi connectivity index (χ0) is 11.4. The molecule has 0 saturated carbocycles. The summed E-state index contributed by atoms with van der Waals surface area (Å²) >= 11 is 0. The van der Waals surface area contributed by atoms with Gasteiger partial charge in [-0.3, -0.25) is 4.68 Å². The lowest BCUT2D eigenvalue weighted by Gasteiger charge is -2.19. The second kappa shape index (κ2) is 5.46. The zero-order valence-electron chi connectivity index (χ0n) is 10.1. The molecule has 4 heteroatoms. The average Bonchev–Trinajstić information content (AvgIpc) is 2.89. The predicted octanol–water partition coefficient (Wildman–Crippen LogP) is 1.35. The van der Waals surface area contributed by atoms with Crippen LogP contribution in [0.15, 0.2) is 12.3 Å². The molecule has 0 bridgehead atoms. The normalized spacial score (nSPS) is 22.5. The maximum Gasteiger partial charge on any atom is 0.0726 e. The summed E-state index contributed by atoms with van der Waals surface area (Å²) in [6.07, 6.45) is 4.82. The second-order valence-corrected chi connectivity index (χ2v) is 4.51. The Morgan fingerprint density at radius 1 is 1.69 bits per heavy atom. The summed E-state index contributed by atoms with van der Waals surface area (Å²) in [5, 5.41) is 7.85. The Balaban J connectivity index is 1.67. The summed E-state index contributed by atoms with van der Waals surface area (Å²) in [5.41, 5.74) is 1.08. The maximum atomic E-state index is 5.64. The van der Waals surface area contributed by atoms with Gasteiger partial charge in [-0.05, 0) is 32.8 Å². The van der Waals surface area contributed by atoms with Gasteiger partial charge in [0.2, 0.25) is 0 Å². The minimum absolute atomic E-state index is 0.402. The van der Waals surface area contributed by atoms with Gasteiger partial charge in [0, 0.05) is 25.4 Å². The zero-order valence-corrected chi connectivity index (χ0v) is 10.1. The fraction of sp³-hybridized carbons (Fsp3) is 0.750. The fourth-order valence-electron chi connectivity index (χ4n) is 2.12. The minimum atomic E-state index is 0.402. The summed E-state index contributed by atoms with van der Waals surface area (Å²) < 4.78 is 7.61. The second-order valence-electron chi connectivity index (χ2n) is 4.51. The van der Waals surface area contributed by atoms with E-state index in [1.807, 2.05) is 23.9 Å². The number of nitrogens with one attached hydrogen (secondary N) is 1. The number of hydrogen-bond acceptors (Lipinski definition) is 3. The van der Waals surface area contributed by atoms with Crippen molar-refractivity contribution in [3.8, 4) is 0 Å². The van der Waals surface area contributed by atoms with Gasteiger partial charge in [-0.25, -0.2) is 0 Å². The maximum absolute atomic E-state index is 5.64. The number of nitrogens with zero attached hydrogens (tertiary/aromatic N) is 2. The Kier molecular flexibility index (Phi) is 3.96. The third kappa shape index (κ3) is 3.06. The predicted molar refractivity (Wildman–Crippen MR) is 63.4 cm³/mol. The number of hydrogen-bond donors (Lipinski definition) is 1. The van der Waals surface area contributed by atoms with Crippen molar-refractivity contribution in [3.63, 3.8) is 0 Å². The first-order chi connectivity index (χ1) is 7.75. The van der Waals surface area contributed by atoms with Crippen LogP contribution >= 0.6 is 0 Å². The largest absolute Gasteiger partial charge is 0.377 e. The van der Waals surface area contributed by atoms with Crippen LogP contribution in [0.4, 0.5) is 0 Å². The van der Waals surface area contributed by atoms with Gasteiger partial charge in [-0.15, -0.1) is 0 Å². The van der Waals surface area contributed by atoms with E-state index in [4.69, 9.17) is 4.74 Å². The summed E-state index contributed by atoms with van der Waals surface area (Å²) in [6.45, 7) is 7.01. The van der Waals surface area contributed by atoms with Crippen molar-refractivity contribution in [1.82, 2.24) is 15.1 Å². The van der Waals surface area contributed by atoms with Gasteiger partial charge in [0.15, 0.2) is 0 Å². The van der Waals surface area contributed by atoms with E-state index in [-0.39, 0.29) is 0 Å². The molecule has 4 nitrogen and oxygen atoms in total. The van der Waals surface area contributed by atoms with Gasteiger partial charge in [0.05, 0.1) is 18.3 Å². The Hall–Kier alpha value is -0.870. The van der Waals surface area contributed by atoms with Gasteiger partial charge in [-0.2, -0.15) is 5.10 Å². The van der Waals surface area contributed by atoms with Crippen molar-refractivity contribution in [2.24, 2.45) is 0 Å². The standard InChI is InChI=1S/C12H21N3O/c1-10-5-7-15(14-10)8-6-13-11(2)12-4-3-9-16-12/h5,7,11-13H,3-4,6,8-9H2,1-2H3. The van der Waals surface area contributed by atoms with Crippen molar-refractivity contribution in [2.45, 2.75) is 45.4 Å². The number of rotatable bonds is 5. The molecule has 0 radical (unpaired) electrons. The summed E-state index contributed by atoms with van der Waals surface area (Å²) in [5.74, 6) is 0. The molecular weight excluding hydrogens is 202 g/mol. The van der Waals surface area contributed by atoms with Gasteiger partial charge in [-0.1, -0.05) is 0 Å². The van der Waals surface area contributed by atoms with E-state index in [9.17, 15) is 0 Å². The van der Waals surface area contributed by atoms with Crippen LogP contribution in [0.3, 0.4) is 0 Å². The Labute approximate surface area is 97.0 Å². The molecule has 1 aliphatic rings. The molecule has 2 heterocycles. The van der Waals surface area contributed by atoms with E-state index in [2.05, 4.69) is 17.3 Å². The topological polar surface area (TPSA) is 39.1 Å². The highest BCUT2D eigenvalue weighted by atomic mass is 16.5. The van der Waals surface area contributed by atoms with E-state index >= 15 is 0 Å². The molecule has 16 heavy (non-hydrogen) atoms. The highest BCUT2D eigenvalue weighted by molar-refractivity contribution is 4.94. The van der Waals surface area contributed by atoms with Crippen LogP contribution in [0.2, 0.25) is 0 Å². The van der Waals surface area contributed by atoms with Crippen LogP contribution < -0.4 is 5.32 Å². The van der Waals surface area contributed by atoms with Crippen molar-refractivity contribution in [3.05, 3.63) is 18.0 Å². The molecule has 0 aliphatic carbocycles. The minimum Gasteiger partial charge on any atom is -0.377 e. The highest BCUT2D eigenvalue weighted by Gasteiger charge is 2.21. The number of aromatic nitrogens is 2. The Morgan fingerprint density at radius 2 is 2.56 bits per heavy atom. The van der Waals surface area contributed by atoms with E-state index in [0.717, 1.165) is 25.4 Å². The van der Waals surface area contributed by atoms with Crippen molar-refractivity contribution < 1.29 is 4.74 Å². The van der Waals surface area contributed by atoms with Crippen LogP contribution in [-0.2, 0) is 11.3 Å². The number of aryl methyl sites for hydroxylation is 1. The molecule has 1 saturated heterocycles. The molecule has 2 rings (SSSR count). The van der Waals surface area contributed by atoms with E-state index in [1.54, 1.807) is 0 Å². The van der Waals surface area contributed by atoms with Gasteiger partial charge in [0.25, 0.3) is 0 Å². The first-order valence-electron chi connectivity index (χ1n) is 6.11. The molecule has 0 spiro atoms. The quantitative estimate of drug-likeness (QED) is 0.819. The number of ether oxygens (including phenoxy) is 1. The molecular formula is C12H21N3O. The van der Waals surface area contributed by atoms with Crippen LogP contribution in [0.25, 0.3) is 0 Å². The molecule has 1 aromatic heterocycles. The smallest absolute Gasteiger partial charge is 0.0726 e. The summed E-state index contributed by atoms with van der Waals surface area (Å²) in [6, 6.07) is 2.47. The molecule has 1 fully saturated rings. The Morgan fingerprint density at radius 3 is 3.19 bits per heavy atom. The molecule has 0 aromatic carbocycles. The molecule has 90 valence electrons.